The highest BCUT2D eigenvalue weighted by atomic mass is 16.7. The molecule has 112 valence electrons. The third kappa shape index (κ3) is 5.21. The van der Waals surface area contributed by atoms with Crippen LogP contribution in [0.5, 0.6) is 0 Å². The molecule has 1 unspecified atom stereocenters. The topological polar surface area (TPSA) is 47.9 Å². The van der Waals surface area contributed by atoms with Gasteiger partial charge in [0.15, 0.2) is 6.29 Å². The van der Waals surface area contributed by atoms with Crippen molar-refractivity contribution in [2.24, 2.45) is 5.92 Å². The van der Waals surface area contributed by atoms with Crippen molar-refractivity contribution in [2.45, 2.75) is 32.2 Å². The molecule has 2 rings (SSSR count). The van der Waals surface area contributed by atoms with E-state index in [1.54, 1.807) is 0 Å². The highest BCUT2D eigenvalue weighted by molar-refractivity contribution is 5.13. The maximum atomic E-state index is 8.97. The highest BCUT2D eigenvalue weighted by Gasteiger charge is 2.26. The van der Waals surface area contributed by atoms with Crippen LogP contribution in [0.3, 0.4) is 0 Å². The molecular weight excluding hydrogens is 256 g/mol. The Morgan fingerprint density at radius 3 is 2.60 bits per heavy atom. The summed E-state index contributed by atoms with van der Waals surface area (Å²) in [6.45, 7) is 2.89. The first-order chi connectivity index (χ1) is 9.90. The summed E-state index contributed by atoms with van der Waals surface area (Å²) in [7, 11) is 0. The SMILES string of the molecule is OCCCC(CCOCc1ccccc1)C1OCCO1. The number of rotatable bonds is 9. The second kappa shape index (κ2) is 9.08. The van der Waals surface area contributed by atoms with E-state index >= 15 is 0 Å². The number of aliphatic hydroxyl groups is 1. The zero-order valence-electron chi connectivity index (χ0n) is 11.9. The predicted molar refractivity (Wildman–Crippen MR) is 76.2 cm³/mol. The molecule has 1 aromatic carbocycles. The Kier molecular flexibility index (Phi) is 7.01. The lowest BCUT2D eigenvalue weighted by Gasteiger charge is -2.21. The zero-order valence-corrected chi connectivity index (χ0v) is 11.9. The summed E-state index contributed by atoms with van der Waals surface area (Å²) in [5.74, 6) is 0.306. The molecule has 1 aliphatic rings. The fraction of sp³-hybridized carbons (Fsp3) is 0.625. The number of hydrogen-bond acceptors (Lipinski definition) is 4. The van der Waals surface area contributed by atoms with Gasteiger partial charge in [-0.3, -0.25) is 0 Å². The number of ether oxygens (including phenoxy) is 3. The van der Waals surface area contributed by atoms with Gasteiger partial charge >= 0.3 is 0 Å². The van der Waals surface area contributed by atoms with Gasteiger partial charge in [-0.1, -0.05) is 30.3 Å². The van der Waals surface area contributed by atoms with Gasteiger partial charge in [-0.05, 0) is 24.8 Å². The second-order valence-corrected chi connectivity index (χ2v) is 5.06. The van der Waals surface area contributed by atoms with E-state index in [2.05, 4.69) is 12.1 Å². The Morgan fingerprint density at radius 1 is 1.15 bits per heavy atom. The molecule has 1 atom stereocenters. The van der Waals surface area contributed by atoms with Crippen LogP contribution in [0.1, 0.15) is 24.8 Å². The molecule has 1 fully saturated rings. The lowest BCUT2D eigenvalue weighted by atomic mass is 9.99. The van der Waals surface area contributed by atoms with E-state index in [1.165, 1.54) is 5.56 Å². The summed E-state index contributed by atoms with van der Waals surface area (Å²) in [5.41, 5.74) is 1.19. The van der Waals surface area contributed by atoms with Crippen LogP contribution >= 0.6 is 0 Å². The minimum absolute atomic E-state index is 0.123. The zero-order chi connectivity index (χ0) is 14.0. The Labute approximate surface area is 120 Å². The van der Waals surface area contributed by atoms with E-state index < -0.39 is 0 Å². The molecule has 0 radical (unpaired) electrons. The van der Waals surface area contributed by atoms with Crippen molar-refractivity contribution in [2.75, 3.05) is 26.4 Å². The molecule has 1 aromatic rings. The van der Waals surface area contributed by atoms with E-state index in [0.29, 0.717) is 32.3 Å². The standard InChI is InChI=1S/C16H24O4/c17-9-4-7-15(16-19-11-12-20-16)8-10-18-13-14-5-2-1-3-6-14/h1-3,5-6,15-17H,4,7-13H2. The molecular formula is C16H24O4. The third-order valence-corrected chi connectivity index (χ3v) is 3.51. The van der Waals surface area contributed by atoms with Gasteiger partial charge in [-0.15, -0.1) is 0 Å². The molecule has 1 heterocycles. The molecule has 1 N–H and O–H groups in total. The summed E-state index contributed by atoms with van der Waals surface area (Å²) in [6, 6.07) is 10.2. The molecule has 1 saturated heterocycles. The number of benzene rings is 1. The van der Waals surface area contributed by atoms with E-state index in [-0.39, 0.29) is 12.9 Å². The van der Waals surface area contributed by atoms with Gasteiger partial charge in [-0.2, -0.15) is 0 Å². The van der Waals surface area contributed by atoms with Crippen molar-refractivity contribution in [1.82, 2.24) is 0 Å². The summed E-state index contributed by atoms with van der Waals surface area (Å²) >= 11 is 0. The molecule has 0 amide bonds. The van der Waals surface area contributed by atoms with Gasteiger partial charge in [0.1, 0.15) is 0 Å². The maximum absolute atomic E-state index is 8.97. The Balaban J connectivity index is 1.68. The fourth-order valence-corrected chi connectivity index (χ4v) is 2.42. The average molecular weight is 280 g/mol. The van der Waals surface area contributed by atoms with Crippen LogP contribution in [0, 0.1) is 5.92 Å². The van der Waals surface area contributed by atoms with Crippen molar-refractivity contribution >= 4 is 0 Å². The smallest absolute Gasteiger partial charge is 0.160 e. The molecule has 20 heavy (non-hydrogen) atoms. The second-order valence-electron chi connectivity index (χ2n) is 5.06. The molecule has 1 aliphatic heterocycles. The van der Waals surface area contributed by atoms with Crippen molar-refractivity contribution in [3.8, 4) is 0 Å². The Morgan fingerprint density at radius 2 is 1.90 bits per heavy atom. The normalized spacial score (nSPS) is 17.4. The lowest BCUT2D eigenvalue weighted by molar-refractivity contribution is -0.0938. The first-order valence-electron chi connectivity index (χ1n) is 7.36. The number of hydrogen-bond donors (Lipinski definition) is 1. The monoisotopic (exact) mass is 280 g/mol. The molecule has 0 saturated carbocycles. The third-order valence-electron chi connectivity index (χ3n) is 3.51. The molecule has 0 bridgehead atoms. The summed E-state index contributed by atoms with van der Waals surface area (Å²) < 4.78 is 16.9. The van der Waals surface area contributed by atoms with E-state index in [9.17, 15) is 0 Å². The first kappa shape index (κ1) is 15.4. The van der Waals surface area contributed by atoms with Gasteiger partial charge < -0.3 is 19.3 Å². The quantitative estimate of drug-likeness (QED) is 0.705. The first-order valence-corrected chi connectivity index (χ1v) is 7.36. The summed E-state index contributed by atoms with van der Waals surface area (Å²) in [6.07, 6.45) is 2.47. The van der Waals surface area contributed by atoms with Crippen molar-refractivity contribution in [3.63, 3.8) is 0 Å². The van der Waals surface area contributed by atoms with Crippen LogP contribution in [0.4, 0.5) is 0 Å². The Bertz CT molecular complexity index is 349. The number of aliphatic hydroxyl groups excluding tert-OH is 1. The molecule has 4 heteroatoms. The minimum Gasteiger partial charge on any atom is -0.396 e. The van der Waals surface area contributed by atoms with Gasteiger partial charge in [0.25, 0.3) is 0 Å². The van der Waals surface area contributed by atoms with E-state index in [0.717, 1.165) is 19.3 Å². The van der Waals surface area contributed by atoms with E-state index in [1.807, 2.05) is 18.2 Å². The van der Waals surface area contributed by atoms with Gasteiger partial charge in [0, 0.05) is 19.1 Å². The van der Waals surface area contributed by atoms with Crippen molar-refractivity contribution in [3.05, 3.63) is 35.9 Å². The van der Waals surface area contributed by atoms with Gasteiger partial charge in [0.2, 0.25) is 0 Å². The average Bonchev–Trinajstić information content (AvgIpc) is 3.02. The Hall–Kier alpha value is -0.940. The predicted octanol–water partition coefficient (Wildman–Crippen LogP) is 2.35. The van der Waals surface area contributed by atoms with Crippen LogP contribution in [0.25, 0.3) is 0 Å². The fourth-order valence-electron chi connectivity index (χ4n) is 2.42. The minimum atomic E-state index is -0.123. The highest BCUT2D eigenvalue weighted by Crippen LogP contribution is 2.23. The molecule has 0 spiro atoms. The van der Waals surface area contributed by atoms with Gasteiger partial charge in [-0.25, -0.2) is 0 Å². The van der Waals surface area contributed by atoms with Crippen LogP contribution in [0.15, 0.2) is 30.3 Å². The van der Waals surface area contributed by atoms with Crippen LogP contribution < -0.4 is 0 Å². The summed E-state index contributed by atoms with van der Waals surface area (Å²) in [5, 5.41) is 8.97. The lowest BCUT2D eigenvalue weighted by Crippen LogP contribution is -2.23. The molecule has 0 aliphatic carbocycles. The van der Waals surface area contributed by atoms with Crippen molar-refractivity contribution in [1.29, 1.82) is 0 Å². The van der Waals surface area contributed by atoms with Crippen LogP contribution in [0.2, 0.25) is 0 Å². The van der Waals surface area contributed by atoms with E-state index in [4.69, 9.17) is 19.3 Å². The summed E-state index contributed by atoms with van der Waals surface area (Å²) in [4.78, 5) is 0. The largest absolute Gasteiger partial charge is 0.396 e. The van der Waals surface area contributed by atoms with Crippen LogP contribution in [-0.4, -0.2) is 37.8 Å². The molecule has 4 nitrogen and oxygen atoms in total. The maximum Gasteiger partial charge on any atom is 0.160 e. The van der Waals surface area contributed by atoms with Crippen molar-refractivity contribution < 1.29 is 19.3 Å². The van der Waals surface area contributed by atoms with Gasteiger partial charge in [0.05, 0.1) is 19.8 Å². The molecule has 0 aromatic heterocycles. The van der Waals surface area contributed by atoms with Crippen LogP contribution in [-0.2, 0) is 20.8 Å².